The van der Waals surface area contributed by atoms with Crippen molar-refractivity contribution in [3.63, 3.8) is 0 Å². The summed E-state index contributed by atoms with van der Waals surface area (Å²) >= 11 is 0. The summed E-state index contributed by atoms with van der Waals surface area (Å²) in [4.78, 5) is 16.3. The average molecular weight is 386 g/mol. The standard InChI is InChI=1S/C21H30N4O3/c1-4-22-21(23-12-6-8-14-25-13-7-5-9-20(25)26)24-16-17-10-11-18(27-2)15-19(17)28-3/h5,7,9-11,13,15H,4,6,8,12,14,16H2,1-3H3,(H2,22,23,24). The fourth-order valence-electron chi connectivity index (χ4n) is 2.75. The van der Waals surface area contributed by atoms with Gasteiger partial charge in [-0.1, -0.05) is 6.07 Å². The van der Waals surface area contributed by atoms with E-state index in [1.165, 1.54) is 0 Å². The fraction of sp³-hybridized carbons (Fsp3) is 0.429. The Hall–Kier alpha value is -2.96. The van der Waals surface area contributed by atoms with Gasteiger partial charge in [0.1, 0.15) is 11.5 Å². The Bertz CT molecular complexity index is 817. The Labute approximate surface area is 166 Å². The summed E-state index contributed by atoms with van der Waals surface area (Å²) in [5, 5.41) is 6.59. The molecule has 0 bridgehead atoms. The van der Waals surface area contributed by atoms with Gasteiger partial charge in [-0.15, -0.1) is 0 Å². The van der Waals surface area contributed by atoms with Crippen LogP contribution in [0.25, 0.3) is 0 Å². The third kappa shape index (κ3) is 6.64. The maximum absolute atomic E-state index is 11.7. The number of pyridine rings is 1. The third-order valence-electron chi connectivity index (χ3n) is 4.26. The largest absolute Gasteiger partial charge is 0.497 e. The number of nitrogens with one attached hydrogen (secondary N) is 2. The zero-order chi connectivity index (χ0) is 20.2. The summed E-state index contributed by atoms with van der Waals surface area (Å²) in [6.45, 7) is 4.82. The molecular weight excluding hydrogens is 356 g/mol. The number of unbranched alkanes of at least 4 members (excludes halogenated alkanes) is 1. The van der Waals surface area contributed by atoms with E-state index in [9.17, 15) is 4.79 Å². The molecule has 0 aliphatic heterocycles. The second-order valence-electron chi connectivity index (χ2n) is 6.24. The minimum atomic E-state index is 0.0406. The summed E-state index contributed by atoms with van der Waals surface area (Å²) in [5.41, 5.74) is 1.03. The van der Waals surface area contributed by atoms with Crippen molar-refractivity contribution < 1.29 is 9.47 Å². The van der Waals surface area contributed by atoms with Gasteiger partial charge in [0.25, 0.3) is 0 Å². The summed E-state index contributed by atoms with van der Waals surface area (Å²) in [6, 6.07) is 10.9. The Kier molecular flexibility index (Phi) is 8.91. The van der Waals surface area contributed by atoms with Crippen molar-refractivity contribution in [2.24, 2.45) is 4.99 Å². The lowest BCUT2D eigenvalue weighted by Crippen LogP contribution is -2.37. The zero-order valence-electron chi connectivity index (χ0n) is 16.9. The third-order valence-corrected chi connectivity index (χ3v) is 4.26. The van der Waals surface area contributed by atoms with E-state index < -0.39 is 0 Å². The summed E-state index contributed by atoms with van der Waals surface area (Å²) in [5.74, 6) is 2.27. The first kappa shape index (κ1) is 21.3. The van der Waals surface area contributed by atoms with Crippen LogP contribution in [0.2, 0.25) is 0 Å². The summed E-state index contributed by atoms with van der Waals surface area (Å²) < 4.78 is 12.4. The smallest absolute Gasteiger partial charge is 0.250 e. The van der Waals surface area contributed by atoms with Crippen molar-refractivity contribution in [1.82, 2.24) is 15.2 Å². The number of nitrogens with zero attached hydrogens (tertiary/aromatic N) is 2. The van der Waals surface area contributed by atoms with Gasteiger partial charge in [0.15, 0.2) is 5.96 Å². The van der Waals surface area contributed by atoms with Crippen LogP contribution in [0, 0.1) is 0 Å². The van der Waals surface area contributed by atoms with E-state index in [0.29, 0.717) is 6.54 Å². The van der Waals surface area contributed by atoms with Gasteiger partial charge >= 0.3 is 0 Å². The van der Waals surface area contributed by atoms with Gasteiger partial charge in [0, 0.05) is 43.5 Å². The van der Waals surface area contributed by atoms with Gasteiger partial charge in [-0.05, 0) is 38.0 Å². The van der Waals surface area contributed by atoms with Gasteiger partial charge in [-0.25, -0.2) is 4.99 Å². The van der Waals surface area contributed by atoms with E-state index in [4.69, 9.17) is 9.47 Å². The number of hydrogen-bond acceptors (Lipinski definition) is 4. The van der Waals surface area contributed by atoms with Crippen molar-refractivity contribution in [3.8, 4) is 11.5 Å². The Morgan fingerprint density at radius 1 is 1.11 bits per heavy atom. The van der Waals surface area contributed by atoms with Crippen LogP contribution in [-0.4, -0.2) is 37.8 Å². The van der Waals surface area contributed by atoms with E-state index in [-0.39, 0.29) is 5.56 Å². The maximum Gasteiger partial charge on any atom is 0.250 e. The number of rotatable bonds is 10. The minimum absolute atomic E-state index is 0.0406. The second-order valence-corrected chi connectivity index (χ2v) is 6.24. The lowest BCUT2D eigenvalue weighted by molar-refractivity contribution is 0.391. The number of methoxy groups -OCH3 is 2. The van der Waals surface area contributed by atoms with Gasteiger partial charge in [0.05, 0.1) is 20.8 Å². The molecule has 0 aliphatic carbocycles. The van der Waals surface area contributed by atoms with E-state index in [2.05, 4.69) is 15.6 Å². The Balaban J connectivity index is 1.85. The molecule has 0 saturated heterocycles. The first-order valence-electron chi connectivity index (χ1n) is 9.56. The van der Waals surface area contributed by atoms with Crippen LogP contribution in [0.1, 0.15) is 25.3 Å². The molecular formula is C21H30N4O3. The number of aryl methyl sites for hydroxylation is 1. The summed E-state index contributed by atoms with van der Waals surface area (Å²) in [7, 11) is 3.28. The molecule has 1 aromatic heterocycles. The first-order chi connectivity index (χ1) is 13.7. The molecule has 152 valence electrons. The Morgan fingerprint density at radius 3 is 2.68 bits per heavy atom. The molecule has 2 N–H and O–H groups in total. The molecule has 7 heteroatoms. The summed E-state index contributed by atoms with van der Waals surface area (Å²) in [6.07, 6.45) is 3.68. The first-order valence-corrected chi connectivity index (χ1v) is 9.56. The fourth-order valence-corrected chi connectivity index (χ4v) is 2.75. The molecule has 1 aromatic carbocycles. The van der Waals surface area contributed by atoms with E-state index in [1.807, 2.05) is 37.4 Å². The molecule has 0 unspecified atom stereocenters. The molecule has 7 nitrogen and oxygen atoms in total. The van der Waals surface area contributed by atoms with Gasteiger partial charge in [0.2, 0.25) is 5.56 Å². The second kappa shape index (κ2) is 11.7. The number of aliphatic imine (C=N–C) groups is 1. The molecule has 2 aromatic rings. The molecule has 0 saturated carbocycles. The van der Waals surface area contributed by atoms with Crippen LogP contribution >= 0.6 is 0 Å². The topological polar surface area (TPSA) is 76.9 Å². The molecule has 0 radical (unpaired) electrons. The van der Waals surface area contributed by atoms with Crippen molar-refractivity contribution in [1.29, 1.82) is 0 Å². The molecule has 0 amide bonds. The molecule has 28 heavy (non-hydrogen) atoms. The molecule has 0 spiro atoms. The number of benzene rings is 1. The number of hydrogen-bond donors (Lipinski definition) is 2. The van der Waals surface area contributed by atoms with Gasteiger partial charge < -0.3 is 24.7 Å². The highest BCUT2D eigenvalue weighted by molar-refractivity contribution is 5.79. The van der Waals surface area contributed by atoms with Crippen LogP contribution in [0.4, 0.5) is 0 Å². The predicted octanol–water partition coefficient (Wildman–Crippen LogP) is 2.40. The van der Waals surface area contributed by atoms with Crippen molar-refractivity contribution >= 4 is 5.96 Å². The van der Waals surface area contributed by atoms with Crippen molar-refractivity contribution in [3.05, 3.63) is 58.5 Å². The molecule has 2 rings (SSSR count). The normalized spacial score (nSPS) is 11.2. The van der Waals surface area contributed by atoms with E-state index in [0.717, 1.165) is 55.5 Å². The van der Waals surface area contributed by atoms with Gasteiger partial charge in [-0.3, -0.25) is 4.79 Å². The maximum atomic E-state index is 11.7. The van der Waals surface area contributed by atoms with Crippen molar-refractivity contribution in [2.45, 2.75) is 32.9 Å². The van der Waals surface area contributed by atoms with Crippen LogP contribution in [0.15, 0.2) is 52.4 Å². The highest BCUT2D eigenvalue weighted by atomic mass is 16.5. The van der Waals surface area contributed by atoms with E-state index in [1.54, 1.807) is 30.9 Å². The quantitative estimate of drug-likeness (QED) is 0.373. The lowest BCUT2D eigenvalue weighted by Gasteiger charge is -2.13. The highest BCUT2D eigenvalue weighted by Gasteiger charge is 2.05. The average Bonchev–Trinajstić information content (AvgIpc) is 2.72. The van der Waals surface area contributed by atoms with Gasteiger partial charge in [-0.2, -0.15) is 0 Å². The lowest BCUT2D eigenvalue weighted by atomic mass is 10.2. The Morgan fingerprint density at radius 2 is 1.96 bits per heavy atom. The van der Waals surface area contributed by atoms with Crippen LogP contribution in [0.5, 0.6) is 11.5 Å². The van der Waals surface area contributed by atoms with Crippen LogP contribution in [0.3, 0.4) is 0 Å². The monoisotopic (exact) mass is 386 g/mol. The zero-order valence-corrected chi connectivity index (χ0v) is 16.9. The minimum Gasteiger partial charge on any atom is -0.497 e. The number of ether oxygens (including phenoxy) is 2. The van der Waals surface area contributed by atoms with E-state index >= 15 is 0 Å². The van der Waals surface area contributed by atoms with Crippen LogP contribution in [-0.2, 0) is 13.1 Å². The molecule has 0 aliphatic rings. The molecule has 1 heterocycles. The highest BCUT2D eigenvalue weighted by Crippen LogP contribution is 2.25. The molecule has 0 fully saturated rings. The van der Waals surface area contributed by atoms with Crippen molar-refractivity contribution in [2.75, 3.05) is 27.3 Å². The predicted molar refractivity (Wildman–Crippen MR) is 112 cm³/mol. The van der Waals surface area contributed by atoms with Crippen LogP contribution < -0.4 is 25.7 Å². The molecule has 0 atom stereocenters. The SMILES string of the molecule is CCNC(=NCc1ccc(OC)cc1OC)NCCCCn1ccccc1=O. The number of guanidine groups is 1. The number of aromatic nitrogens is 1.